The molecule has 1 N–H and O–H groups in total. The highest BCUT2D eigenvalue weighted by molar-refractivity contribution is 7.89. The molecule has 0 spiro atoms. The van der Waals surface area contributed by atoms with Gasteiger partial charge in [0.25, 0.3) is 0 Å². The number of nitrogens with one attached hydrogen (secondary N) is 1. The Bertz CT molecular complexity index is 601. The molecule has 0 aliphatic carbocycles. The topological polar surface area (TPSA) is 49.4 Å². The van der Waals surface area contributed by atoms with Gasteiger partial charge in [-0.15, -0.1) is 0 Å². The van der Waals surface area contributed by atoms with Crippen molar-refractivity contribution in [2.24, 2.45) is 0 Å². The zero-order chi connectivity index (χ0) is 15.6. The molecule has 0 bridgehead atoms. The molecule has 1 aromatic carbocycles. The molecule has 21 heavy (non-hydrogen) atoms. The van der Waals surface area contributed by atoms with E-state index < -0.39 is 15.8 Å². The maximum Gasteiger partial charge on any atom is 0.244 e. The number of nitrogens with zero attached hydrogens (tertiary/aromatic N) is 1. The predicted molar refractivity (Wildman–Crippen MR) is 81.5 cm³/mol. The lowest BCUT2D eigenvalue weighted by Crippen LogP contribution is -2.44. The number of hydrogen-bond donors (Lipinski definition) is 1. The van der Waals surface area contributed by atoms with Gasteiger partial charge < -0.3 is 5.32 Å². The van der Waals surface area contributed by atoms with E-state index >= 15 is 0 Å². The Morgan fingerprint density at radius 3 is 2.71 bits per heavy atom. The second kappa shape index (κ2) is 6.60. The molecule has 2 rings (SSSR count). The molecule has 1 aromatic rings. The van der Waals surface area contributed by atoms with E-state index in [1.54, 1.807) is 0 Å². The van der Waals surface area contributed by atoms with Gasteiger partial charge in [-0.25, -0.2) is 12.8 Å². The number of benzene rings is 1. The molecule has 118 valence electrons. The van der Waals surface area contributed by atoms with Crippen LogP contribution in [0.25, 0.3) is 0 Å². The van der Waals surface area contributed by atoms with Crippen LogP contribution in [-0.2, 0) is 10.0 Å². The third-order valence-electron chi connectivity index (χ3n) is 3.62. The summed E-state index contributed by atoms with van der Waals surface area (Å²) in [4.78, 5) is -0.0442. The van der Waals surface area contributed by atoms with Crippen LogP contribution in [0.4, 0.5) is 4.39 Å². The SMILES string of the molecule is CC(C)N(CC1CCCN1)S(=O)(=O)c1ccc(F)cc1Cl. The molecule has 4 nitrogen and oxygen atoms in total. The van der Waals surface area contributed by atoms with Crippen molar-refractivity contribution in [1.82, 2.24) is 9.62 Å². The minimum absolute atomic E-state index is 0.0442. The van der Waals surface area contributed by atoms with Crippen LogP contribution in [0.15, 0.2) is 23.1 Å². The fourth-order valence-corrected chi connectivity index (χ4v) is 4.72. The minimum Gasteiger partial charge on any atom is -0.313 e. The Morgan fingerprint density at radius 1 is 1.48 bits per heavy atom. The first kappa shape index (κ1) is 16.7. The first-order valence-corrected chi connectivity index (χ1v) is 8.84. The molecular formula is C14H20ClFN2O2S. The quantitative estimate of drug-likeness (QED) is 0.900. The first-order valence-electron chi connectivity index (χ1n) is 7.02. The number of hydrogen-bond acceptors (Lipinski definition) is 3. The second-order valence-electron chi connectivity index (χ2n) is 5.54. The first-order chi connectivity index (χ1) is 9.82. The number of rotatable bonds is 5. The van der Waals surface area contributed by atoms with Crippen LogP contribution >= 0.6 is 11.6 Å². The van der Waals surface area contributed by atoms with Gasteiger partial charge in [-0.3, -0.25) is 0 Å². The zero-order valence-electron chi connectivity index (χ0n) is 12.1. The van der Waals surface area contributed by atoms with Gasteiger partial charge in [0.05, 0.1) is 5.02 Å². The molecule has 1 atom stereocenters. The lowest BCUT2D eigenvalue weighted by Gasteiger charge is -2.29. The van der Waals surface area contributed by atoms with Crippen LogP contribution in [0.2, 0.25) is 5.02 Å². The van der Waals surface area contributed by atoms with Gasteiger partial charge in [-0.2, -0.15) is 4.31 Å². The normalized spacial score (nSPS) is 19.6. The van der Waals surface area contributed by atoms with Gasteiger partial charge in [0.2, 0.25) is 10.0 Å². The van der Waals surface area contributed by atoms with Gasteiger partial charge in [0.15, 0.2) is 0 Å². The largest absolute Gasteiger partial charge is 0.313 e. The van der Waals surface area contributed by atoms with Crippen LogP contribution < -0.4 is 5.32 Å². The molecule has 0 aromatic heterocycles. The molecule has 0 amide bonds. The monoisotopic (exact) mass is 334 g/mol. The van der Waals surface area contributed by atoms with E-state index in [0.29, 0.717) is 6.54 Å². The predicted octanol–water partition coefficient (Wildman–Crippen LogP) is 2.63. The molecule has 0 radical (unpaired) electrons. The lowest BCUT2D eigenvalue weighted by molar-refractivity contribution is 0.322. The fraction of sp³-hybridized carbons (Fsp3) is 0.571. The summed E-state index contributed by atoms with van der Waals surface area (Å²) >= 11 is 5.92. The average molecular weight is 335 g/mol. The molecule has 1 saturated heterocycles. The van der Waals surface area contributed by atoms with Crippen molar-refractivity contribution >= 4 is 21.6 Å². The van der Waals surface area contributed by atoms with Crippen molar-refractivity contribution in [2.75, 3.05) is 13.1 Å². The number of halogens is 2. The Labute approximate surface area is 130 Å². The second-order valence-corrected chi connectivity index (χ2v) is 7.80. The molecule has 1 unspecified atom stereocenters. The van der Waals surface area contributed by atoms with Crippen LogP contribution in [0, 0.1) is 5.82 Å². The zero-order valence-corrected chi connectivity index (χ0v) is 13.7. The average Bonchev–Trinajstić information content (AvgIpc) is 2.87. The van der Waals surface area contributed by atoms with Crippen LogP contribution in [0.5, 0.6) is 0 Å². The van der Waals surface area contributed by atoms with Crippen molar-refractivity contribution in [3.8, 4) is 0 Å². The molecule has 0 saturated carbocycles. The van der Waals surface area contributed by atoms with E-state index in [-0.39, 0.29) is 22.0 Å². The third-order valence-corrected chi connectivity index (χ3v) is 6.14. The summed E-state index contributed by atoms with van der Waals surface area (Å²) in [7, 11) is -3.74. The molecule has 7 heteroatoms. The summed E-state index contributed by atoms with van der Waals surface area (Å²) in [6, 6.07) is 3.33. The van der Waals surface area contributed by atoms with E-state index in [0.717, 1.165) is 31.5 Å². The van der Waals surface area contributed by atoms with Gasteiger partial charge >= 0.3 is 0 Å². The Kier molecular flexibility index (Phi) is 5.24. The maximum atomic E-state index is 13.1. The molecular weight excluding hydrogens is 315 g/mol. The van der Waals surface area contributed by atoms with E-state index in [4.69, 9.17) is 11.6 Å². The lowest BCUT2D eigenvalue weighted by atomic mass is 10.2. The number of sulfonamides is 1. The summed E-state index contributed by atoms with van der Waals surface area (Å²) in [6.07, 6.45) is 2.00. The molecule has 1 fully saturated rings. The van der Waals surface area contributed by atoms with E-state index in [1.165, 1.54) is 10.4 Å². The molecule has 1 heterocycles. The smallest absolute Gasteiger partial charge is 0.244 e. The molecule has 1 aliphatic heterocycles. The highest BCUT2D eigenvalue weighted by atomic mass is 35.5. The standard InChI is InChI=1S/C14H20ClFN2O2S/c1-10(2)18(9-12-4-3-7-17-12)21(19,20)14-6-5-11(16)8-13(14)15/h5-6,8,10,12,17H,3-4,7,9H2,1-2H3. The summed E-state index contributed by atoms with van der Waals surface area (Å²) in [5.41, 5.74) is 0. The van der Waals surface area contributed by atoms with E-state index in [2.05, 4.69) is 5.32 Å². The Hall–Kier alpha value is -0.690. The van der Waals surface area contributed by atoms with Crippen molar-refractivity contribution in [3.05, 3.63) is 29.0 Å². The van der Waals surface area contributed by atoms with Crippen molar-refractivity contribution in [1.29, 1.82) is 0 Å². The van der Waals surface area contributed by atoms with Crippen molar-refractivity contribution < 1.29 is 12.8 Å². The van der Waals surface area contributed by atoms with Crippen LogP contribution in [-0.4, -0.2) is 37.9 Å². The fourth-order valence-electron chi connectivity index (χ4n) is 2.53. The van der Waals surface area contributed by atoms with Crippen molar-refractivity contribution in [3.63, 3.8) is 0 Å². The summed E-state index contributed by atoms with van der Waals surface area (Å²) in [5.74, 6) is -0.549. The highest BCUT2D eigenvalue weighted by Crippen LogP contribution is 2.27. The summed E-state index contributed by atoms with van der Waals surface area (Å²) in [5, 5.41) is 3.21. The molecule has 1 aliphatic rings. The van der Waals surface area contributed by atoms with Gasteiger partial charge in [0.1, 0.15) is 10.7 Å². The maximum absolute atomic E-state index is 13.1. The Balaban J connectivity index is 2.32. The third kappa shape index (κ3) is 3.74. The van der Waals surface area contributed by atoms with Crippen LogP contribution in [0.1, 0.15) is 26.7 Å². The highest BCUT2D eigenvalue weighted by Gasteiger charge is 2.31. The van der Waals surface area contributed by atoms with E-state index in [1.807, 2.05) is 13.8 Å². The van der Waals surface area contributed by atoms with Gasteiger partial charge in [0, 0.05) is 18.6 Å². The van der Waals surface area contributed by atoms with Gasteiger partial charge in [-0.05, 0) is 51.4 Å². The summed E-state index contributed by atoms with van der Waals surface area (Å²) in [6.45, 7) is 4.95. The van der Waals surface area contributed by atoms with Crippen molar-refractivity contribution in [2.45, 2.75) is 43.7 Å². The van der Waals surface area contributed by atoms with Gasteiger partial charge in [-0.1, -0.05) is 11.6 Å². The Morgan fingerprint density at radius 2 is 2.19 bits per heavy atom. The van der Waals surface area contributed by atoms with Crippen LogP contribution in [0.3, 0.4) is 0 Å². The summed E-state index contributed by atoms with van der Waals surface area (Å²) < 4.78 is 40.1. The minimum atomic E-state index is -3.74. The van der Waals surface area contributed by atoms with E-state index in [9.17, 15) is 12.8 Å².